The number of likely N-dealkylation sites (N-methyl/N-ethyl adjacent to an activating group) is 1. The van der Waals surface area contributed by atoms with Crippen LogP contribution in [0.3, 0.4) is 0 Å². The van der Waals surface area contributed by atoms with Crippen LogP contribution in [0.2, 0.25) is 0 Å². The van der Waals surface area contributed by atoms with Gasteiger partial charge < -0.3 is 10.0 Å². The molecule has 0 bridgehead atoms. The van der Waals surface area contributed by atoms with Crippen molar-refractivity contribution >= 4 is 27.6 Å². The van der Waals surface area contributed by atoms with Crippen molar-refractivity contribution in [3.05, 3.63) is 35.2 Å². The van der Waals surface area contributed by atoms with Crippen molar-refractivity contribution in [3.63, 3.8) is 0 Å². The van der Waals surface area contributed by atoms with Gasteiger partial charge in [0, 0.05) is 30.2 Å². The number of aromatic nitrogens is 5. The number of aliphatic hydroxyl groups is 1. The Kier molecular flexibility index (Phi) is 4.05. The normalized spacial score (nSPS) is 14.0. The van der Waals surface area contributed by atoms with Crippen molar-refractivity contribution in [2.24, 2.45) is 0 Å². The van der Waals surface area contributed by atoms with E-state index in [0.29, 0.717) is 6.54 Å². The summed E-state index contributed by atoms with van der Waals surface area (Å²) in [4.78, 5) is 7.10. The molecule has 3 N–H and O–H groups in total. The first-order chi connectivity index (χ1) is 13.7. The molecule has 144 valence electrons. The number of benzene rings is 1. The number of hydrogen-bond acceptors (Lipinski definition) is 5. The van der Waals surface area contributed by atoms with Gasteiger partial charge >= 0.3 is 0 Å². The Morgan fingerprint density at radius 3 is 2.68 bits per heavy atom. The second kappa shape index (κ2) is 6.60. The molecule has 1 aliphatic carbocycles. The van der Waals surface area contributed by atoms with E-state index >= 15 is 0 Å². The fourth-order valence-electron chi connectivity index (χ4n) is 4.46. The van der Waals surface area contributed by atoms with E-state index in [0.717, 1.165) is 52.0 Å². The first-order valence-corrected chi connectivity index (χ1v) is 9.84. The minimum atomic E-state index is 0.0931. The molecule has 3 heterocycles. The van der Waals surface area contributed by atoms with Crippen LogP contribution in [0.25, 0.3) is 33.1 Å². The zero-order valence-corrected chi connectivity index (χ0v) is 16.2. The van der Waals surface area contributed by atoms with E-state index in [2.05, 4.69) is 32.5 Å². The summed E-state index contributed by atoms with van der Waals surface area (Å²) in [5.74, 6) is 0.872. The van der Waals surface area contributed by atoms with Gasteiger partial charge in [0.05, 0.1) is 34.9 Å². The number of aryl methyl sites for hydroxylation is 2. The second-order valence-corrected chi connectivity index (χ2v) is 7.61. The van der Waals surface area contributed by atoms with Gasteiger partial charge in [-0.3, -0.25) is 10.2 Å². The molecular weight excluding hydrogens is 352 g/mol. The zero-order valence-electron chi connectivity index (χ0n) is 16.2. The van der Waals surface area contributed by atoms with E-state index in [1.165, 1.54) is 29.4 Å². The molecule has 0 spiro atoms. The van der Waals surface area contributed by atoms with E-state index < -0.39 is 0 Å². The summed E-state index contributed by atoms with van der Waals surface area (Å²) in [7, 11) is 1.97. The maximum atomic E-state index is 9.38. The maximum absolute atomic E-state index is 9.38. The van der Waals surface area contributed by atoms with Crippen LogP contribution in [-0.4, -0.2) is 50.7 Å². The largest absolute Gasteiger partial charge is 0.395 e. The smallest absolute Gasteiger partial charge is 0.158 e. The SMILES string of the molecule is Cc1[nH]ncc1-c1nc2ccc3[nH]nc(N(C)CCO)c3c2c2c1CCCC2. The fraction of sp³-hybridized carbons (Fsp3) is 0.381. The molecule has 1 aliphatic rings. The molecule has 0 amide bonds. The molecule has 0 aliphatic heterocycles. The standard InChI is InChI=1S/C21H24N6O/c1-12-15(11-22-24-12)20-14-6-4-3-5-13(14)18-16(23-20)7-8-17-19(18)21(26-25-17)27(2)9-10-28/h7-8,11,28H,3-6,9-10H2,1-2H3,(H,22,24)(H,25,26). The third kappa shape index (κ3) is 2.50. The number of nitrogens with zero attached hydrogens (tertiary/aromatic N) is 4. The van der Waals surface area contributed by atoms with Crippen molar-refractivity contribution in [1.29, 1.82) is 0 Å². The van der Waals surface area contributed by atoms with Gasteiger partial charge in [-0.1, -0.05) is 0 Å². The van der Waals surface area contributed by atoms with Crippen LogP contribution in [-0.2, 0) is 12.8 Å². The van der Waals surface area contributed by atoms with Gasteiger partial charge in [-0.25, -0.2) is 4.98 Å². The van der Waals surface area contributed by atoms with Gasteiger partial charge in [-0.05, 0) is 55.9 Å². The Balaban J connectivity index is 1.86. The number of hydrogen-bond donors (Lipinski definition) is 3. The summed E-state index contributed by atoms with van der Waals surface area (Å²) in [6, 6.07) is 4.13. The van der Waals surface area contributed by atoms with E-state index in [-0.39, 0.29) is 6.61 Å². The molecule has 4 aromatic rings. The van der Waals surface area contributed by atoms with E-state index in [1.807, 2.05) is 25.1 Å². The molecule has 28 heavy (non-hydrogen) atoms. The molecule has 0 unspecified atom stereocenters. The second-order valence-electron chi connectivity index (χ2n) is 7.61. The minimum absolute atomic E-state index is 0.0931. The minimum Gasteiger partial charge on any atom is -0.395 e. The monoisotopic (exact) mass is 376 g/mol. The summed E-state index contributed by atoms with van der Waals surface area (Å²) < 4.78 is 0. The lowest BCUT2D eigenvalue weighted by Gasteiger charge is -2.22. The molecule has 0 saturated carbocycles. The highest BCUT2D eigenvalue weighted by molar-refractivity contribution is 6.13. The highest BCUT2D eigenvalue weighted by Crippen LogP contribution is 2.40. The van der Waals surface area contributed by atoms with Crippen LogP contribution < -0.4 is 4.90 Å². The third-order valence-electron chi connectivity index (χ3n) is 5.86. The number of pyridine rings is 1. The van der Waals surface area contributed by atoms with Crippen molar-refractivity contribution < 1.29 is 5.11 Å². The zero-order chi connectivity index (χ0) is 19.3. The Labute approximate surface area is 162 Å². The summed E-state index contributed by atoms with van der Waals surface area (Å²) in [5.41, 5.74) is 7.92. The lowest BCUT2D eigenvalue weighted by Crippen LogP contribution is -2.21. The van der Waals surface area contributed by atoms with E-state index in [9.17, 15) is 5.11 Å². The Morgan fingerprint density at radius 1 is 1.11 bits per heavy atom. The third-order valence-corrected chi connectivity index (χ3v) is 5.86. The number of H-pyrrole nitrogens is 2. The van der Waals surface area contributed by atoms with Crippen LogP contribution in [0.4, 0.5) is 5.82 Å². The highest BCUT2D eigenvalue weighted by atomic mass is 16.3. The van der Waals surface area contributed by atoms with Gasteiger partial charge in [0.25, 0.3) is 0 Å². The van der Waals surface area contributed by atoms with Crippen molar-refractivity contribution in [1.82, 2.24) is 25.4 Å². The van der Waals surface area contributed by atoms with Gasteiger partial charge in [0.2, 0.25) is 0 Å². The van der Waals surface area contributed by atoms with Crippen molar-refractivity contribution in [2.75, 3.05) is 25.1 Å². The van der Waals surface area contributed by atoms with Crippen molar-refractivity contribution in [2.45, 2.75) is 32.6 Å². The molecule has 0 fully saturated rings. The molecule has 7 nitrogen and oxygen atoms in total. The lowest BCUT2D eigenvalue weighted by molar-refractivity contribution is 0.304. The summed E-state index contributed by atoms with van der Waals surface area (Å²) in [6.07, 6.45) is 6.34. The van der Waals surface area contributed by atoms with Crippen molar-refractivity contribution in [3.8, 4) is 11.3 Å². The fourth-order valence-corrected chi connectivity index (χ4v) is 4.46. The van der Waals surface area contributed by atoms with E-state index in [1.54, 1.807) is 0 Å². The molecule has 7 heteroatoms. The number of aliphatic hydroxyl groups excluding tert-OH is 1. The van der Waals surface area contributed by atoms with Crippen LogP contribution in [0.5, 0.6) is 0 Å². The van der Waals surface area contributed by atoms with Crippen LogP contribution in [0.1, 0.15) is 29.7 Å². The van der Waals surface area contributed by atoms with Crippen LogP contribution >= 0.6 is 0 Å². The first kappa shape index (κ1) is 17.2. The van der Waals surface area contributed by atoms with Crippen LogP contribution in [0.15, 0.2) is 18.3 Å². The number of rotatable bonds is 4. The number of nitrogens with one attached hydrogen (secondary N) is 2. The molecular formula is C21H24N6O. The molecule has 0 atom stereocenters. The molecule has 0 radical (unpaired) electrons. The topological polar surface area (TPSA) is 93.7 Å². The summed E-state index contributed by atoms with van der Waals surface area (Å²) in [5, 5.41) is 26.7. The Morgan fingerprint density at radius 2 is 1.93 bits per heavy atom. The predicted octanol–water partition coefficient (Wildman–Crippen LogP) is 3.12. The van der Waals surface area contributed by atoms with Gasteiger partial charge in [-0.2, -0.15) is 10.2 Å². The Hall–Kier alpha value is -2.93. The van der Waals surface area contributed by atoms with Crippen LogP contribution in [0, 0.1) is 6.92 Å². The number of anilines is 1. The lowest BCUT2D eigenvalue weighted by atomic mass is 9.85. The predicted molar refractivity (Wildman–Crippen MR) is 111 cm³/mol. The maximum Gasteiger partial charge on any atom is 0.158 e. The molecule has 3 aromatic heterocycles. The number of aromatic amines is 2. The first-order valence-electron chi connectivity index (χ1n) is 9.84. The summed E-state index contributed by atoms with van der Waals surface area (Å²) >= 11 is 0. The van der Waals surface area contributed by atoms with E-state index in [4.69, 9.17) is 4.98 Å². The van der Waals surface area contributed by atoms with Gasteiger partial charge in [-0.15, -0.1) is 0 Å². The molecule has 5 rings (SSSR count). The van der Waals surface area contributed by atoms with Gasteiger partial charge in [0.15, 0.2) is 5.82 Å². The molecule has 0 saturated heterocycles. The molecule has 1 aromatic carbocycles. The summed E-state index contributed by atoms with van der Waals surface area (Å²) in [6.45, 7) is 2.68. The highest BCUT2D eigenvalue weighted by Gasteiger charge is 2.24. The average Bonchev–Trinajstić information content (AvgIpc) is 3.33. The van der Waals surface area contributed by atoms with Gasteiger partial charge in [0.1, 0.15) is 0 Å². The number of fused-ring (bicyclic) bond motifs is 5. The average molecular weight is 376 g/mol. The Bertz CT molecular complexity index is 1170. The quantitative estimate of drug-likeness (QED) is 0.509.